The van der Waals surface area contributed by atoms with Crippen molar-refractivity contribution in [3.63, 3.8) is 0 Å². The number of amides is 1. The van der Waals surface area contributed by atoms with Crippen LogP contribution in [0.25, 0.3) is 22.2 Å². The summed E-state index contributed by atoms with van der Waals surface area (Å²) in [5.74, 6) is 1.83. The number of nitrogen functional groups attached to an aromatic ring is 1. The van der Waals surface area contributed by atoms with E-state index >= 15 is 0 Å². The second-order valence-corrected chi connectivity index (χ2v) is 11.9. The van der Waals surface area contributed by atoms with Gasteiger partial charge in [-0.3, -0.25) is 4.79 Å². The smallest absolute Gasteiger partial charge is 0.223 e. The fourth-order valence-electron chi connectivity index (χ4n) is 6.95. The predicted octanol–water partition coefficient (Wildman–Crippen LogP) is 5.17. The zero-order chi connectivity index (χ0) is 25.7. The van der Waals surface area contributed by atoms with Crippen LogP contribution in [0.4, 0.5) is 5.82 Å². The van der Waals surface area contributed by atoms with Crippen molar-refractivity contribution in [2.75, 3.05) is 12.3 Å². The van der Waals surface area contributed by atoms with Crippen molar-refractivity contribution in [3.8, 4) is 16.9 Å². The Labute approximate surface area is 223 Å². The van der Waals surface area contributed by atoms with E-state index in [0.717, 1.165) is 92.1 Å². The van der Waals surface area contributed by atoms with Crippen LogP contribution in [0.15, 0.2) is 36.8 Å². The van der Waals surface area contributed by atoms with Crippen molar-refractivity contribution in [1.29, 1.82) is 0 Å². The van der Waals surface area contributed by atoms with Crippen LogP contribution in [0.5, 0.6) is 5.75 Å². The summed E-state index contributed by atoms with van der Waals surface area (Å²) in [6.45, 7) is 0.598. The molecule has 2 bridgehead atoms. The first-order valence-corrected chi connectivity index (χ1v) is 14.4. The SMILES string of the molecule is Nc1ncnc2c1c(-c1cccc(OCC34CCC(CC3)O4)c1)cn2[C@H]1CC[C@H](NC(=O)C2CCC2)CC1. The van der Waals surface area contributed by atoms with E-state index in [1.165, 1.54) is 6.42 Å². The Bertz CT molecular complexity index is 1330. The van der Waals surface area contributed by atoms with Crippen LogP contribution in [-0.2, 0) is 9.53 Å². The van der Waals surface area contributed by atoms with Gasteiger partial charge in [0.1, 0.15) is 35.7 Å². The van der Waals surface area contributed by atoms with Gasteiger partial charge in [-0.25, -0.2) is 9.97 Å². The second-order valence-electron chi connectivity index (χ2n) is 11.9. The second kappa shape index (κ2) is 9.56. The third-order valence-corrected chi connectivity index (χ3v) is 9.46. The molecule has 0 unspecified atom stereocenters. The van der Waals surface area contributed by atoms with E-state index < -0.39 is 0 Å². The maximum absolute atomic E-state index is 12.4. The van der Waals surface area contributed by atoms with E-state index in [-0.39, 0.29) is 23.5 Å². The molecule has 0 radical (unpaired) electrons. The molecule has 0 atom stereocenters. The minimum absolute atomic E-state index is 0.106. The number of anilines is 1. The molecular weight excluding hydrogens is 478 g/mol. The van der Waals surface area contributed by atoms with E-state index in [4.69, 9.17) is 15.2 Å². The number of nitrogens with one attached hydrogen (secondary N) is 1. The van der Waals surface area contributed by atoms with Gasteiger partial charge in [-0.15, -0.1) is 0 Å². The Morgan fingerprint density at radius 3 is 2.63 bits per heavy atom. The molecule has 1 aromatic carbocycles. The van der Waals surface area contributed by atoms with Gasteiger partial charge >= 0.3 is 0 Å². The van der Waals surface area contributed by atoms with Gasteiger partial charge in [-0.1, -0.05) is 18.6 Å². The van der Waals surface area contributed by atoms with Crippen molar-refractivity contribution >= 4 is 22.8 Å². The lowest BCUT2D eigenvalue weighted by molar-refractivity contribution is -0.128. The first-order chi connectivity index (χ1) is 18.6. The van der Waals surface area contributed by atoms with Crippen LogP contribution in [0.2, 0.25) is 0 Å². The molecule has 3 aromatic rings. The Balaban J connectivity index is 1.11. The van der Waals surface area contributed by atoms with Crippen molar-refractivity contribution in [2.45, 2.75) is 94.4 Å². The lowest BCUT2D eigenvalue weighted by Gasteiger charge is -2.32. The molecule has 1 amide bonds. The summed E-state index contributed by atoms with van der Waals surface area (Å²) >= 11 is 0. The molecule has 4 aliphatic rings. The number of nitrogens with two attached hydrogens (primary N) is 1. The topological polar surface area (TPSA) is 104 Å². The molecule has 0 spiro atoms. The number of fused-ring (bicyclic) bond motifs is 3. The summed E-state index contributed by atoms with van der Waals surface area (Å²) in [5, 5.41) is 4.19. The summed E-state index contributed by atoms with van der Waals surface area (Å²) in [7, 11) is 0. The van der Waals surface area contributed by atoms with Gasteiger partial charge in [0.2, 0.25) is 5.91 Å². The molecule has 2 aromatic heterocycles. The van der Waals surface area contributed by atoms with Crippen LogP contribution in [0.3, 0.4) is 0 Å². The average Bonchev–Trinajstić information content (AvgIpc) is 3.61. The summed E-state index contributed by atoms with van der Waals surface area (Å²) in [5.41, 5.74) is 9.26. The van der Waals surface area contributed by atoms with E-state index in [1.807, 2.05) is 12.1 Å². The van der Waals surface area contributed by atoms with Crippen LogP contribution >= 0.6 is 0 Å². The first-order valence-electron chi connectivity index (χ1n) is 14.4. The largest absolute Gasteiger partial charge is 0.491 e. The normalized spacial score (nSPS) is 28.9. The first kappa shape index (κ1) is 23.9. The highest BCUT2D eigenvalue weighted by atomic mass is 16.6. The highest BCUT2D eigenvalue weighted by molar-refractivity contribution is 6.00. The summed E-state index contributed by atoms with van der Waals surface area (Å²) in [6, 6.07) is 8.82. The van der Waals surface area contributed by atoms with Crippen LogP contribution < -0.4 is 15.8 Å². The third kappa shape index (κ3) is 4.32. The number of hydrogen-bond acceptors (Lipinski definition) is 6. The number of carbonyl (C=O) groups excluding carboxylic acids is 1. The molecule has 2 aliphatic heterocycles. The van der Waals surface area contributed by atoms with Crippen molar-refractivity contribution in [3.05, 3.63) is 36.8 Å². The maximum Gasteiger partial charge on any atom is 0.223 e. The predicted molar refractivity (Wildman–Crippen MR) is 146 cm³/mol. The molecule has 8 heteroatoms. The lowest BCUT2D eigenvalue weighted by atomic mass is 9.84. The molecule has 4 fully saturated rings. The monoisotopic (exact) mass is 515 g/mol. The van der Waals surface area contributed by atoms with Crippen LogP contribution in [-0.4, -0.2) is 44.8 Å². The molecule has 2 aliphatic carbocycles. The minimum Gasteiger partial charge on any atom is -0.491 e. The minimum atomic E-state index is -0.106. The molecule has 3 N–H and O–H groups in total. The number of carbonyl (C=O) groups is 1. The summed E-state index contributed by atoms with van der Waals surface area (Å²) in [6.07, 6.45) is 15.9. The highest BCUT2D eigenvalue weighted by Crippen LogP contribution is 2.44. The molecule has 200 valence electrons. The van der Waals surface area contributed by atoms with Gasteiger partial charge < -0.3 is 25.1 Å². The zero-order valence-corrected chi connectivity index (χ0v) is 21.9. The van der Waals surface area contributed by atoms with E-state index in [1.54, 1.807) is 6.33 Å². The molecule has 8 nitrogen and oxygen atoms in total. The molecule has 2 saturated carbocycles. The number of benzene rings is 1. The zero-order valence-electron chi connectivity index (χ0n) is 21.9. The van der Waals surface area contributed by atoms with Crippen molar-refractivity contribution in [1.82, 2.24) is 19.9 Å². The molecular formula is C30H37N5O3. The summed E-state index contributed by atoms with van der Waals surface area (Å²) < 4.78 is 14.8. The Kier molecular flexibility index (Phi) is 6.02. The van der Waals surface area contributed by atoms with Gasteiger partial charge in [-0.2, -0.15) is 0 Å². The van der Waals surface area contributed by atoms with Crippen LogP contribution in [0, 0.1) is 5.92 Å². The third-order valence-electron chi connectivity index (χ3n) is 9.46. The van der Waals surface area contributed by atoms with Crippen molar-refractivity contribution < 1.29 is 14.3 Å². The molecule has 7 rings (SSSR count). The summed E-state index contributed by atoms with van der Waals surface area (Å²) in [4.78, 5) is 21.4. The maximum atomic E-state index is 12.4. The number of hydrogen-bond donors (Lipinski definition) is 2. The fraction of sp³-hybridized carbons (Fsp3) is 0.567. The van der Waals surface area contributed by atoms with Crippen LogP contribution in [0.1, 0.15) is 76.7 Å². The standard InChI is InChI=1S/C30H37N5O3/c31-27-26-25(20-5-2-6-24(15-20)37-17-30-13-11-23(38-30)12-14-30)16-35(28(26)33-18-32-27)22-9-7-21(8-10-22)34-29(36)19-3-1-4-19/h2,5-6,15-16,18-19,21-23H,1,3-4,7-14,17H2,(H,34,36)(H2,31,32,33)/t21-,22-,23?,30?. The molecule has 2 saturated heterocycles. The number of aromatic nitrogens is 3. The fourth-order valence-corrected chi connectivity index (χ4v) is 6.95. The average molecular weight is 516 g/mol. The Morgan fingerprint density at radius 2 is 1.92 bits per heavy atom. The lowest BCUT2D eigenvalue weighted by Crippen LogP contribution is -2.42. The van der Waals surface area contributed by atoms with E-state index in [2.05, 4.69) is 38.2 Å². The number of nitrogens with zero attached hydrogens (tertiary/aromatic N) is 3. The van der Waals surface area contributed by atoms with Crippen molar-refractivity contribution in [2.24, 2.45) is 5.92 Å². The number of rotatable bonds is 7. The van der Waals surface area contributed by atoms with Gasteiger partial charge in [-0.05, 0) is 81.9 Å². The van der Waals surface area contributed by atoms with Gasteiger partial charge in [0.05, 0.1) is 11.5 Å². The van der Waals surface area contributed by atoms with E-state index in [0.29, 0.717) is 24.6 Å². The van der Waals surface area contributed by atoms with Gasteiger partial charge in [0.15, 0.2) is 0 Å². The molecule has 4 heterocycles. The van der Waals surface area contributed by atoms with Gasteiger partial charge in [0, 0.05) is 29.8 Å². The van der Waals surface area contributed by atoms with Gasteiger partial charge in [0.25, 0.3) is 0 Å². The Hall–Kier alpha value is -3.13. The quantitative estimate of drug-likeness (QED) is 0.450. The number of ether oxygens (including phenoxy) is 2. The Morgan fingerprint density at radius 1 is 1.11 bits per heavy atom. The van der Waals surface area contributed by atoms with E-state index in [9.17, 15) is 4.79 Å². The molecule has 38 heavy (non-hydrogen) atoms. The highest BCUT2D eigenvalue weighted by Gasteiger charge is 2.46.